The first-order valence-electron chi connectivity index (χ1n) is 6.80. The molecule has 1 nitrogen and oxygen atoms in total. The van der Waals surface area contributed by atoms with Crippen LogP contribution in [-0.4, -0.2) is 0 Å². The molecule has 1 N–H and O–H groups in total. The largest absolute Gasteiger partial charge is 0.381 e. The van der Waals surface area contributed by atoms with E-state index >= 15 is 0 Å². The molecule has 1 saturated carbocycles. The Morgan fingerprint density at radius 2 is 1.84 bits per heavy atom. The van der Waals surface area contributed by atoms with E-state index in [1.54, 1.807) is 0 Å². The topological polar surface area (TPSA) is 12.0 Å². The molecule has 0 amide bonds. The minimum atomic E-state index is 0.842. The van der Waals surface area contributed by atoms with Crippen molar-refractivity contribution in [3.63, 3.8) is 0 Å². The van der Waals surface area contributed by atoms with Crippen molar-refractivity contribution in [1.29, 1.82) is 0 Å². The van der Waals surface area contributed by atoms with Crippen molar-refractivity contribution < 1.29 is 0 Å². The predicted octanol–water partition coefficient (Wildman–Crippen LogP) is 5.25. The molecule has 0 saturated heterocycles. The highest BCUT2D eigenvalue weighted by Crippen LogP contribution is 2.39. The van der Waals surface area contributed by atoms with Gasteiger partial charge in [0.2, 0.25) is 0 Å². The molecule has 1 aliphatic carbocycles. The van der Waals surface area contributed by atoms with Gasteiger partial charge in [0.05, 0.1) is 0 Å². The van der Waals surface area contributed by atoms with E-state index in [4.69, 9.17) is 0 Å². The lowest BCUT2D eigenvalue weighted by atomic mass is 10.1. The molecule has 0 unspecified atom stereocenters. The van der Waals surface area contributed by atoms with Gasteiger partial charge < -0.3 is 5.32 Å². The van der Waals surface area contributed by atoms with Crippen molar-refractivity contribution in [2.45, 2.75) is 32.2 Å². The molecule has 98 valence electrons. The number of aryl methyl sites for hydroxylation is 1. The van der Waals surface area contributed by atoms with E-state index in [0.717, 1.165) is 22.6 Å². The van der Waals surface area contributed by atoms with E-state index in [9.17, 15) is 0 Å². The van der Waals surface area contributed by atoms with Gasteiger partial charge in [-0.2, -0.15) is 0 Å². The van der Waals surface area contributed by atoms with Crippen molar-refractivity contribution in [1.82, 2.24) is 0 Å². The lowest BCUT2D eigenvalue weighted by molar-refractivity contribution is 1.10. The zero-order valence-corrected chi connectivity index (χ0v) is 12.7. The maximum absolute atomic E-state index is 3.53. The fourth-order valence-electron chi connectivity index (χ4n) is 2.37. The van der Waals surface area contributed by atoms with Gasteiger partial charge in [0.25, 0.3) is 0 Å². The smallest absolute Gasteiger partial charge is 0.0400 e. The molecule has 19 heavy (non-hydrogen) atoms. The van der Waals surface area contributed by atoms with Crippen LogP contribution < -0.4 is 5.32 Å². The van der Waals surface area contributed by atoms with Crippen molar-refractivity contribution in [3.05, 3.63) is 63.6 Å². The summed E-state index contributed by atoms with van der Waals surface area (Å²) in [4.78, 5) is 0. The highest BCUT2D eigenvalue weighted by molar-refractivity contribution is 9.10. The second-order valence-electron chi connectivity index (χ2n) is 5.39. The number of benzene rings is 2. The summed E-state index contributed by atoms with van der Waals surface area (Å²) in [5.41, 5.74) is 5.27. The third-order valence-electron chi connectivity index (χ3n) is 3.57. The summed E-state index contributed by atoms with van der Waals surface area (Å²) in [6.45, 7) is 2.99. The average Bonchev–Trinajstić information content (AvgIpc) is 3.20. The van der Waals surface area contributed by atoms with Crippen LogP contribution in [0.3, 0.4) is 0 Å². The third-order valence-corrected chi connectivity index (χ3v) is 4.03. The lowest BCUT2D eigenvalue weighted by Gasteiger charge is -2.09. The highest BCUT2D eigenvalue weighted by Gasteiger charge is 2.22. The van der Waals surface area contributed by atoms with E-state index < -0.39 is 0 Å². The number of anilines is 1. The highest BCUT2D eigenvalue weighted by atomic mass is 79.9. The molecule has 2 aromatic carbocycles. The van der Waals surface area contributed by atoms with E-state index in [1.807, 2.05) is 0 Å². The normalized spacial score (nSPS) is 14.4. The second kappa shape index (κ2) is 5.38. The first kappa shape index (κ1) is 12.7. The number of hydrogen-bond donors (Lipinski definition) is 1. The van der Waals surface area contributed by atoms with Gasteiger partial charge in [-0.25, -0.2) is 0 Å². The minimum Gasteiger partial charge on any atom is -0.381 e. The van der Waals surface area contributed by atoms with Crippen LogP contribution in [0.5, 0.6) is 0 Å². The van der Waals surface area contributed by atoms with Gasteiger partial charge in [-0.15, -0.1) is 0 Å². The average molecular weight is 316 g/mol. The van der Waals surface area contributed by atoms with Crippen LogP contribution in [0, 0.1) is 6.92 Å². The molecule has 0 aromatic heterocycles. The van der Waals surface area contributed by atoms with Crippen LogP contribution >= 0.6 is 15.9 Å². The third kappa shape index (κ3) is 3.38. The zero-order chi connectivity index (χ0) is 13.2. The summed E-state index contributed by atoms with van der Waals surface area (Å²) in [7, 11) is 0. The van der Waals surface area contributed by atoms with Gasteiger partial charge in [-0.05, 0) is 60.6 Å². The van der Waals surface area contributed by atoms with E-state index in [0.29, 0.717) is 0 Å². The molecule has 0 atom stereocenters. The summed E-state index contributed by atoms with van der Waals surface area (Å²) >= 11 is 3.53. The fraction of sp³-hybridized carbons (Fsp3) is 0.294. The molecule has 0 bridgehead atoms. The maximum atomic E-state index is 3.53. The fourth-order valence-corrected chi connectivity index (χ4v) is 2.97. The summed E-state index contributed by atoms with van der Waals surface area (Å²) in [5.74, 6) is 0.842. The number of hydrogen-bond acceptors (Lipinski definition) is 1. The Labute approximate surface area is 123 Å². The second-order valence-corrected chi connectivity index (χ2v) is 6.30. The lowest BCUT2D eigenvalue weighted by Crippen LogP contribution is -1.99. The Hall–Kier alpha value is -1.28. The van der Waals surface area contributed by atoms with Crippen molar-refractivity contribution in [2.75, 3.05) is 5.32 Å². The Bertz CT molecular complexity index is 550. The quantitative estimate of drug-likeness (QED) is 0.812. The van der Waals surface area contributed by atoms with Crippen molar-refractivity contribution >= 4 is 21.6 Å². The van der Waals surface area contributed by atoms with Crippen molar-refractivity contribution in [3.8, 4) is 0 Å². The van der Waals surface area contributed by atoms with Gasteiger partial charge in [0.1, 0.15) is 0 Å². The maximum Gasteiger partial charge on any atom is 0.0400 e. The molecule has 2 heteroatoms. The summed E-state index contributed by atoms with van der Waals surface area (Å²) < 4.78 is 1.12. The van der Waals surface area contributed by atoms with E-state index in [-0.39, 0.29) is 0 Å². The van der Waals surface area contributed by atoms with Gasteiger partial charge >= 0.3 is 0 Å². The Morgan fingerprint density at radius 1 is 1.11 bits per heavy atom. The van der Waals surface area contributed by atoms with E-state index in [2.05, 4.69) is 70.6 Å². The number of rotatable bonds is 4. The predicted molar refractivity (Wildman–Crippen MR) is 84.6 cm³/mol. The minimum absolute atomic E-state index is 0.842. The van der Waals surface area contributed by atoms with Gasteiger partial charge in [-0.3, -0.25) is 0 Å². The summed E-state index contributed by atoms with van der Waals surface area (Å²) in [5, 5.41) is 3.48. The monoisotopic (exact) mass is 315 g/mol. The van der Waals surface area contributed by atoms with E-state index in [1.165, 1.54) is 29.5 Å². The Kier molecular flexibility index (Phi) is 3.61. The standard InChI is InChI=1S/C17H18BrN/c1-12-8-16(18)10-17(9-12)19-11-13-2-4-14(5-3-13)15-6-7-15/h2-5,8-10,15,19H,6-7,11H2,1H3. The molecule has 3 rings (SSSR count). The van der Waals surface area contributed by atoms with Gasteiger partial charge in [0.15, 0.2) is 0 Å². The summed E-state index contributed by atoms with van der Waals surface area (Å²) in [6, 6.07) is 15.4. The van der Waals surface area contributed by atoms with Crippen LogP contribution in [-0.2, 0) is 6.54 Å². The SMILES string of the molecule is Cc1cc(Br)cc(NCc2ccc(C3CC3)cc2)c1. The molecule has 1 aliphatic rings. The molecule has 0 heterocycles. The number of nitrogens with one attached hydrogen (secondary N) is 1. The van der Waals surface area contributed by atoms with Crippen LogP contribution in [0.4, 0.5) is 5.69 Å². The molecule has 0 radical (unpaired) electrons. The molecular weight excluding hydrogens is 298 g/mol. The molecule has 1 fully saturated rings. The Morgan fingerprint density at radius 3 is 2.47 bits per heavy atom. The first-order chi connectivity index (χ1) is 9.20. The molecule has 0 aliphatic heterocycles. The van der Waals surface area contributed by atoms with Crippen LogP contribution in [0.1, 0.15) is 35.4 Å². The van der Waals surface area contributed by atoms with Gasteiger partial charge in [-0.1, -0.05) is 40.2 Å². The molecular formula is C17H18BrN. The molecule has 2 aromatic rings. The molecule has 0 spiro atoms. The van der Waals surface area contributed by atoms with Crippen molar-refractivity contribution in [2.24, 2.45) is 0 Å². The van der Waals surface area contributed by atoms with Crippen LogP contribution in [0.2, 0.25) is 0 Å². The van der Waals surface area contributed by atoms with Gasteiger partial charge in [0, 0.05) is 16.7 Å². The van der Waals surface area contributed by atoms with Crippen LogP contribution in [0.15, 0.2) is 46.9 Å². The summed E-state index contributed by atoms with van der Waals surface area (Å²) in [6.07, 6.45) is 2.74. The first-order valence-corrected chi connectivity index (χ1v) is 7.60. The number of halogens is 1. The van der Waals surface area contributed by atoms with Crippen LogP contribution in [0.25, 0.3) is 0 Å². The Balaban J connectivity index is 1.64. The zero-order valence-electron chi connectivity index (χ0n) is 11.1.